The first kappa shape index (κ1) is 17.6. The first-order valence-corrected chi connectivity index (χ1v) is 9.35. The first-order valence-electron chi connectivity index (χ1n) is 6.88. The van der Waals surface area contributed by atoms with E-state index in [1.165, 1.54) is 0 Å². The number of nitrogens with one attached hydrogen (secondary N) is 2. The highest BCUT2D eigenvalue weighted by molar-refractivity contribution is 7.89. The number of sulfonamides is 1. The minimum absolute atomic E-state index is 0.147. The Morgan fingerprint density at radius 3 is 2.40 bits per heavy atom. The lowest BCUT2D eigenvalue weighted by molar-refractivity contribution is 0.552. The molecule has 0 aliphatic carbocycles. The summed E-state index contributed by atoms with van der Waals surface area (Å²) in [7, 11) is -3.25. The van der Waals surface area contributed by atoms with Crippen LogP contribution in [0.5, 0.6) is 0 Å². The summed E-state index contributed by atoms with van der Waals surface area (Å²) in [4.78, 5) is 5.32. The first-order chi connectivity index (χ1) is 9.21. The average Bonchev–Trinajstić information content (AvgIpc) is 2.63. The van der Waals surface area contributed by atoms with Crippen molar-refractivity contribution in [3.63, 3.8) is 0 Å². The van der Waals surface area contributed by atoms with Crippen molar-refractivity contribution in [3.8, 4) is 0 Å². The van der Waals surface area contributed by atoms with Crippen molar-refractivity contribution in [1.82, 2.24) is 15.0 Å². The van der Waals surface area contributed by atoms with Gasteiger partial charge < -0.3 is 5.32 Å². The maximum atomic E-state index is 12.0. The van der Waals surface area contributed by atoms with Crippen LogP contribution in [0.3, 0.4) is 0 Å². The minimum atomic E-state index is -3.25. The van der Waals surface area contributed by atoms with E-state index in [0.717, 1.165) is 15.6 Å². The number of aromatic nitrogens is 1. The highest BCUT2D eigenvalue weighted by Crippen LogP contribution is 2.24. The van der Waals surface area contributed by atoms with E-state index in [9.17, 15) is 8.42 Å². The smallest absolute Gasteiger partial charge is 0.212 e. The van der Waals surface area contributed by atoms with Crippen LogP contribution in [0.25, 0.3) is 0 Å². The third-order valence-electron chi connectivity index (χ3n) is 2.83. The zero-order valence-corrected chi connectivity index (χ0v) is 14.5. The number of nitrogens with zero attached hydrogens (tertiary/aromatic N) is 1. The monoisotopic (exact) mass is 319 g/mol. The molecule has 0 aromatic carbocycles. The molecule has 1 rings (SSSR count). The van der Waals surface area contributed by atoms with Crippen LogP contribution in [-0.4, -0.2) is 31.7 Å². The molecule has 1 atom stereocenters. The molecule has 0 radical (unpaired) electrons. The summed E-state index contributed by atoms with van der Waals surface area (Å²) in [6, 6.07) is 0.164. The lowest BCUT2D eigenvalue weighted by atomic mass is 10.2. The second kappa shape index (κ2) is 7.49. The summed E-state index contributed by atoms with van der Waals surface area (Å²) in [6.07, 6.45) is 0.612. The van der Waals surface area contributed by atoms with Crippen LogP contribution in [0.1, 0.15) is 48.8 Å². The Bertz CT molecular complexity index is 524. The average molecular weight is 319 g/mol. The van der Waals surface area contributed by atoms with E-state index in [4.69, 9.17) is 0 Å². The van der Waals surface area contributed by atoms with Crippen molar-refractivity contribution in [2.45, 2.75) is 53.1 Å². The van der Waals surface area contributed by atoms with Gasteiger partial charge in [-0.3, -0.25) is 0 Å². The van der Waals surface area contributed by atoms with Gasteiger partial charge in [0.15, 0.2) is 0 Å². The van der Waals surface area contributed by atoms with E-state index < -0.39 is 10.0 Å². The van der Waals surface area contributed by atoms with Crippen molar-refractivity contribution < 1.29 is 8.42 Å². The molecule has 0 saturated heterocycles. The summed E-state index contributed by atoms with van der Waals surface area (Å²) < 4.78 is 26.8. The normalized spacial score (nSPS) is 13.9. The van der Waals surface area contributed by atoms with Crippen LogP contribution in [-0.2, 0) is 10.0 Å². The molecule has 1 unspecified atom stereocenters. The van der Waals surface area contributed by atoms with Gasteiger partial charge in [-0.15, -0.1) is 11.3 Å². The summed E-state index contributed by atoms with van der Waals surface area (Å²) >= 11 is 1.55. The molecule has 0 spiro atoms. The van der Waals surface area contributed by atoms with Crippen LogP contribution in [0.15, 0.2) is 0 Å². The zero-order chi connectivity index (χ0) is 15.3. The molecule has 20 heavy (non-hydrogen) atoms. The fraction of sp³-hybridized carbons (Fsp3) is 0.769. The molecule has 1 aromatic rings. The van der Waals surface area contributed by atoms with Gasteiger partial charge in [-0.05, 0) is 33.7 Å². The predicted octanol–water partition coefficient (Wildman–Crippen LogP) is 2.13. The molecule has 1 heterocycles. The Hall–Kier alpha value is -0.500. The van der Waals surface area contributed by atoms with Gasteiger partial charge in [0.25, 0.3) is 0 Å². The Morgan fingerprint density at radius 1 is 1.25 bits per heavy atom. The highest BCUT2D eigenvalue weighted by Gasteiger charge is 2.19. The number of thiazole rings is 1. The Balaban J connectivity index is 2.51. The van der Waals surface area contributed by atoms with E-state index in [2.05, 4.69) is 15.0 Å². The van der Waals surface area contributed by atoms with E-state index in [1.54, 1.807) is 11.3 Å². The van der Waals surface area contributed by atoms with Gasteiger partial charge in [0.2, 0.25) is 10.0 Å². The summed E-state index contributed by atoms with van der Waals surface area (Å²) in [5, 5.41) is 4.18. The minimum Gasteiger partial charge on any atom is -0.314 e. The molecule has 5 nitrogen and oxygen atoms in total. The van der Waals surface area contributed by atoms with Gasteiger partial charge in [-0.2, -0.15) is 0 Å². The molecule has 2 N–H and O–H groups in total. The van der Waals surface area contributed by atoms with Crippen LogP contribution < -0.4 is 10.0 Å². The molecular formula is C13H25N3O2S2. The fourth-order valence-electron chi connectivity index (χ4n) is 1.98. The molecule has 0 saturated carbocycles. The fourth-order valence-corrected chi connectivity index (χ4v) is 4.29. The highest BCUT2D eigenvalue weighted by atomic mass is 32.2. The standard InChI is InChI=1S/C13H25N3O2S2/c1-9(2)14-7-6-8-20(17,18)16-11(4)13-10(3)15-12(5)19-13/h9,11,14,16H,6-8H2,1-5H3. The number of aryl methyl sites for hydroxylation is 2. The van der Waals surface area contributed by atoms with Crippen LogP contribution >= 0.6 is 11.3 Å². The number of hydrogen-bond donors (Lipinski definition) is 2. The summed E-state index contributed by atoms with van der Waals surface area (Å²) in [5.41, 5.74) is 0.907. The molecule has 1 aromatic heterocycles. The maximum absolute atomic E-state index is 12.0. The van der Waals surface area contributed by atoms with Crippen molar-refractivity contribution in [2.75, 3.05) is 12.3 Å². The van der Waals surface area contributed by atoms with Crippen molar-refractivity contribution in [1.29, 1.82) is 0 Å². The molecule has 0 amide bonds. The van der Waals surface area contributed by atoms with Gasteiger partial charge in [0.05, 0.1) is 22.5 Å². The quantitative estimate of drug-likeness (QED) is 0.720. The lowest BCUT2D eigenvalue weighted by Gasteiger charge is -2.14. The zero-order valence-electron chi connectivity index (χ0n) is 12.9. The van der Waals surface area contributed by atoms with Gasteiger partial charge in [-0.1, -0.05) is 13.8 Å². The van der Waals surface area contributed by atoms with Crippen molar-refractivity contribution in [2.24, 2.45) is 0 Å². The Morgan fingerprint density at radius 2 is 1.90 bits per heavy atom. The third kappa shape index (κ3) is 5.87. The van der Waals surface area contributed by atoms with Crippen molar-refractivity contribution in [3.05, 3.63) is 15.6 Å². The summed E-state index contributed by atoms with van der Waals surface area (Å²) in [5.74, 6) is 0.147. The van der Waals surface area contributed by atoms with Crippen LogP contribution in [0, 0.1) is 13.8 Å². The molecule has 0 aliphatic rings. The van der Waals surface area contributed by atoms with Gasteiger partial charge in [-0.25, -0.2) is 18.1 Å². The van der Waals surface area contributed by atoms with Crippen LogP contribution in [0.4, 0.5) is 0 Å². The van der Waals surface area contributed by atoms with Crippen LogP contribution in [0.2, 0.25) is 0 Å². The van der Waals surface area contributed by atoms with E-state index >= 15 is 0 Å². The maximum Gasteiger partial charge on any atom is 0.212 e. The van der Waals surface area contributed by atoms with E-state index in [1.807, 2.05) is 34.6 Å². The van der Waals surface area contributed by atoms with E-state index in [0.29, 0.717) is 19.0 Å². The third-order valence-corrected chi connectivity index (χ3v) is 5.63. The topological polar surface area (TPSA) is 71.1 Å². The SMILES string of the molecule is Cc1nc(C)c(C(C)NS(=O)(=O)CCCNC(C)C)s1. The van der Waals surface area contributed by atoms with Crippen molar-refractivity contribution >= 4 is 21.4 Å². The molecule has 7 heteroatoms. The Labute approximate surface area is 126 Å². The second-order valence-corrected chi connectivity index (χ2v) is 8.41. The number of rotatable bonds is 8. The van der Waals surface area contributed by atoms with Gasteiger partial charge in [0, 0.05) is 10.9 Å². The number of hydrogen-bond acceptors (Lipinski definition) is 5. The predicted molar refractivity (Wildman–Crippen MR) is 84.7 cm³/mol. The van der Waals surface area contributed by atoms with E-state index in [-0.39, 0.29) is 11.8 Å². The molecular weight excluding hydrogens is 294 g/mol. The largest absolute Gasteiger partial charge is 0.314 e. The molecule has 0 bridgehead atoms. The Kier molecular flexibility index (Phi) is 6.57. The lowest BCUT2D eigenvalue weighted by Crippen LogP contribution is -2.31. The van der Waals surface area contributed by atoms with Gasteiger partial charge >= 0.3 is 0 Å². The summed E-state index contributed by atoms with van der Waals surface area (Å²) in [6.45, 7) is 10.5. The van der Waals surface area contributed by atoms with Gasteiger partial charge in [0.1, 0.15) is 0 Å². The molecule has 0 fully saturated rings. The molecule has 116 valence electrons. The molecule has 0 aliphatic heterocycles. The second-order valence-electron chi connectivity index (χ2n) is 5.30.